The van der Waals surface area contributed by atoms with E-state index >= 15 is 0 Å². The second kappa shape index (κ2) is 8.06. The smallest absolute Gasteiger partial charge is 0.0771 e. The fourth-order valence-electron chi connectivity index (χ4n) is 2.66. The molecule has 1 rings (SSSR count). The highest BCUT2D eigenvalue weighted by Crippen LogP contribution is 2.26. The second-order valence-electron chi connectivity index (χ2n) is 5.34. The molecule has 1 saturated carbocycles. The summed E-state index contributed by atoms with van der Waals surface area (Å²) in [6.45, 7) is 9.47. The maximum Gasteiger partial charge on any atom is 0.0771 e. The number of rotatable bonds is 7. The van der Waals surface area contributed by atoms with Gasteiger partial charge in [-0.1, -0.05) is 39.5 Å². The van der Waals surface area contributed by atoms with Crippen LogP contribution in [-0.4, -0.2) is 48.3 Å². The van der Waals surface area contributed by atoms with E-state index in [1.54, 1.807) is 0 Å². The Hall–Kier alpha value is -0.120. The van der Waals surface area contributed by atoms with Crippen LogP contribution in [0.4, 0.5) is 0 Å². The van der Waals surface area contributed by atoms with Crippen molar-refractivity contribution in [2.45, 2.75) is 58.0 Å². The lowest BCUT2D eigenvalue weighted by molar-refractivity contribution is 0.0250. The van der Waals surface area contributed by atoms with Crippen molar-refractivity contribution in [1.29, 1.82) is 0 Å². The number of hydrogen-bond donors (Lipinski definition) is 2. The summed E-state index contributed by atoms with van der Waals surface area (Å²) in [5, 5.41) is 13.9. The van der Waals surface area contributed by atoms with E-state index in [9.17, 15) is 5.11 Å². The molecule has 0 bridgehead atoms. The van der Waals surface area contributed by atoms with E-state index in [0.717, 1.165) is 45.6 Å². The molecule has 0 amide bonds. The highest BCUT2D eigenvalue weighted by atomic mass is 16.3. The first-order valence-corrected chi connectivity index (χ1v) is 7.35. The number of nitrogens with zero attached hydrogens (tertiary/aromatic N) is 1. The van der Waals surface area contributed by atoms with E-state index in [1.165, 1.54) is 25.7 Å². The predicted molar refractivity (Wildman–Crippen MR) is 73.3 cm³/mol. The van der Waals surface area contributed by atoms with Gasteiger partial charge in [-0.3, -0.25) is 0 Å². The van der Waals surface area contributed by atoms with Crippen LogP contribution in [0.2, 0.25) is 0 Å². The normalized spacial score (nSPS) is 20.5. The third kappa shape index (κ3) is 5.84. The third-order valence-corrected chi connectivity index (χ3v) is 3.99. The minimum Gasteiger partial charge on any atom is -0.389 e. The van der Waals surface area contributed by atoms with Crippen molar-refractivity contribution in [2.24, 2.45) is 0 Å². The van der Waals surface area contributed by atoms with Crippen molar-refractivity contribution < 1.29 is 5.11 Å². The largest absolute Gasteiger partial charge is 0.389 e. The van der Waals surface area contributed by atoms with Crippen LogP contribution >= 0.6 is 0 Å². The lowest BCUT2D eigenvalue weighted by atomic mass is 9.94. The summed E-state index contributed by atoms with van der Waals surface area (Å²) in [6, 6.07) is 0. The average Bonchev–Trinajstić information content (AvgIpc) is 2.55. The minimum atomic E-state index is -0.431. The Morgan fingerprint density at radius 2 is 1.65 bits per heavy atom. The van der Waals surface area contributed by atoms with Crippen LogP contribution in [0, 0.1) is 0 Å². The average molecular weight is 242 g/mol. The molecule has 17 heavy (non-hydrogen) atoms. The minimum absolute atomic E-state index is 0.431. The van der Waals surface area contributed by atoms with Gasteiger partial charge in [0.2, 0.25) is 0 Å². The van der Waals surface area contributed by atoms with Crippen LogP contribution in [0.3, 0.4) is 0 Å². The number of likely N-dealkylation sites (N-methyl/N-ethyl adjacent to an activating group) is 1. The second-order valence-corrected chi connectivity index (χ2v) is 5.34. The van der Waals surface area contributed by atoms with Gasteiger partial charge in [-0.15, -0.1) is 0 Å². The first kappa shape index (κ1) is 14.9. The summed E-state index contributed by atoms with van der Waals surface area (Å²) in [6.07, 6.45) is 6.92. The molecule has 1 aliphatic carbocycles. The van der Waals surface area contributed by atoms with Gasteiger partial charge in [-0.2, -0.15) is 0 Å². The summed E-state index contributed by atoms with van der Waals surface area (Å²) in [7, 11) is 0. The van der Waals surface area contributed by atoms with Crippen LogP contribution in [0.5, 0.6) is 0 Å². The quantitative estimate of drug-likeness (QED) is 0.529. The van der Waals surface area contributed by atoms with Crippen LogP contribution in [0.1, 0.15) is 52.4 Å². The van der Waals surface area contributed by atoms with Gasteiger partial charge in [0.15, 0.2) is 0 Å². The van der Waals surface area contributed by atoms with Gasteiger partial charge < -0.3 is 15.3 Å². The first-order valence-electron chi connectivity index (χ1n) is 7.35. The summed E-state index contributed by atoms with van der Waals surface area (Å²) < 4.78 is 0. The van der Waals surface area contributed by atoms with Gasteiger partial charge in [0, 0.05) is 19.6 Å². The van der Waals surface area contributed by atoms with E-state index in [0.29, 0.717) is 0 Å². The van der Waals surface area contributed by atoms with Crippen LogP contribution in [-0.2, 0) is 0 Å². The molecule has 0 radical (unpaired) electrons. The van der Waals surface area contributed by atoms with Gasteiger partial charge in [-0.25, -0.2) is 0 Å². The number of nitrogens with one attached hydrogen (secondary N) is 1. The molecule has 3 nitrogen and oxygen atoms in total. The zero-order valence-corrected chi connectivity index (χ0v) is 11.7. The van der Waals surface area contributed by atoms with Gasteiger partial charge >= 0.3 is 0 Å². The molecule has 0 atom stereocenters. The number of hydrogen-bond acceptors (Lipinski definition) is 3. The molecule has 0 aromatic heterocycles. The van der Waals surface area contributed by atoms with Gasteiger partial charge in [0.1, 0.15) is 0 Å². The molecule has 0 aromatic carbocycles. The summed E-state index contributed by atoms with van der Waals surface area (Å²) >= 11 is 0. The summed E-state index contributed by atoms with van der Waals surface area (Å²) in [4.78, 5) is 2.41. The fraction of sp³-hybridized carbons (Fsp3) is 1.00. The lowest BCUT2D eigenvalue weighted by Gasteiger charge is -2.27. The van der Waals surface area contributed by atoms with E-state index in [2.05, 4.69) is 24.1 Å². The fourth-order valence-corrected chi connectivity index (χ4v) is 2.66. The molecule has 0 spiro atoms. The van der Waals surface area contributed by atoms with E-state index in [4.69, 9.17) is 0 Å². The molecule has 0 unspecified atom stereocenters. The molecule has 0 aliphatic heterocycles. The molecular formula is C14H30N2O. The lowest BCUT2D eigenvalue weighted by Crippen LogP contribution is -2.42. The van der Waals surface area contributed by atoms with Crippen molar-refractivity contribution in [3.05, 3.63) is 0 Å². The van der Waals surface area contributed by atoms with Crippen LogP contribution < -0.4 is 5.32 Å². The highest BCUT2D eigenvalue weighted by Gasteiger charge is 2.27. The molecule has 102 valence electrons. The van der Waals surface area contributed by atoms with E-state index < -0.39 is 5.60 Å². The Morgan fingerprint density at radius 1 is 1.06 bits per heavy atom. The Kier molecular flexibility index (Phi) is 7.09. The highest BCUT2D eigenvalue weighted by molar-refractivity contribution is 4.83. The molecule has 1 aliphatic rings. The molecule has 1 fully saturated rings. The maximum atomic E-state index is 10.5. The molecule has 0 heterocycles. The summed E-state index contributed by atoms with van der Waals surface area (Å²) in [5.41, 5.74) is -0.431. The van der Waals surface area contributed by atoms with Crippen molar-refractivity contribution in [3.63, 3.8) is 0 Å². The van der Waals surface area contributed by atoms with Crippen molar-refractivity contribution in [2.75, 3.05) is 32.7 Å². The molecule has 0 saturated heterocycles. The third-order valence-electron chi connectivity index (χ3n) is 3.99. The predicted octanol–water partition coefficient (Wildman–Crippen LogP) is 2.00. The Balaban J connectivity index is 2.15. The Morgan fingerprint density at radius 3 is 2.18 bits per heavy atom. The van der Waals surface area contributed by atoms with Gasteiger partial charge in [-0.05, 0) is 25.9 Å². The molecule has 2 N–H and O–H groups in total. The van der Waals surface area contributed by atoms with E-state index in [1.807, 2.05) is 0 Å². The van der Waals surface area contributed by atoms with E-state index in [-0.39, 0.29) is 0 Å². The van der Waals surface area contributed by atoms with Crippen LogP contribution in [0.15, 0.2) is 0 Å². The van der Waals surface area contributed by atoms with Gasteiger partial charge in [0.05, 0.1) is 5.60 Å². The zero-order valence-electron chi connectivity index (χ0n) is 11.7. The van der Waals surface area contributed by atoms with Crippen LogP contribution in [0.25, 0.3) is 0 Å². The maximum absolute atomic E-state index is 10.5. The standard InChI is InChI=1S/C14H30N2O/c1-3-16(4-2)12-11-15-13-14(17)9-7-5-6-8-10-14/h15,17H,3-13H2,1-2H3. The van der Waals surface area contributed by atoms with Gasteiger partial charge in [0.25, 0.3) is 0 Å². The van der Waals surface area contributed by atoms with Crippen molar-refractivity contribution in [1.82, 2.24) is 10.2 Å². The Bertz CT molecular complexity index is 185. The summed E-state index contributed by atoms with van der Waals surface area (Å²) in [5.74, 6) is 0. The monoisotopic (exact) mass is 242 g/mol. The number of aliphatic hydroxyl groups is 1. The zero-order chi connectivity index (χ0) is 12.6. The SMILES string of the molecule is CCN(CC)CCNCC1(O)CCCCCC1. The molecule has 0 aromatic rings. The first-order chi connectivity index (χ1) is 8.20. The molecule has 3 heteroatoms. The molecular weight excluding hydrogens is 212 g/mol. The Labute approximate surface area is 107 Å². The topological polar surface area (TPSA) is 35.5 Å². The van der Waals surface area contributed by atoms with Crippen molar-refractivity contribution >= 4 is 0 Å². The van der Waals surface area contributed by atoms with Crippen molar-refractivity contribution in [3.8, 4) is 0 Å².